The van der Waals surface area contributed by atoms with Gasteiger partial charge in [-0.2, -0.15) is 0 Å². The Balaban J connectivity index is 1.45. The first-order valence-electron chi connectivity index (χ1n) is 14.7. The highest BCUT2D eigenvalue weighted by atomic mass is 16.3. The number of rotatable bonds is 8. The second-order valence-corrected chi connectivity index (χ2v) is 12.5. The molecule has 4 rings (SSSR count). The summed E-state index contributed by atoms with van der Waals surface area (Å²) in [4.78, 5) is 14.9. The maximum atomic E-state index is 13.0. The van der Waals surface area contributed by atoms with Gasteiger partial charge in [-0.3, -0.25) is 4.79 Å². The third-order valence-corrected chi connectivity index (χ3v) is 10.4. The van der Waals surface area contributed by atoms with Gasteiger partial charge in [-0.15, -0.1) is 0 Å². The molecule has 0 spiro atoms. The number of nitrogens with zero attached hydrogens (tertiary/aromatic N) is 1. The first-order chi connectivity index (χ1) is 17.6. The molecule has 4 fully saturated rings. The van der Waals surface area contributed by atoms with Gasteiger partial charge in [-0.25, -0.2) is 0 Å². The Morgan fingerprint density at radius 1 is 1.14 bits per heavy atom. The van der Waals surface area contributed by atoms with Crippen LogP contribution < -0.4 is 0 Å². The largest absolute Gasteiger partial charge is 0.393 e. The van der Waals surface area contributed by atoms with Crippen molar-refractivity contribution in [2.24, 2.45) is 28.6 Å². The second-order valence-electron chi connectivity index (χ2n) is 12.5. The number of carbonyl (C=O) groups is 1. The standard InChI is InChI=1S/C32H49NO4/c1-6-33(7-2)30(37)32(17-18-32)29(36)15-10-21(3)26-13-14-27-23(9-8-16-31(26,27)5)11-12-24-19-25(34)20-28(35)22(24)4/h10-12,15,21,25-29,34-36H,4,6-9,13-14,16-20H2,1-3,5H3/t21-,25-,26-,27+,28+,29-,31-/m1/s1. The van der Waals surface area contributed by atoms with Gasteiger partial charge < -0.3 is 20.2 Å². The molecule has 0 aromatic heterocycles. The monoisotopic (exact) mass is 511 g/mol. The summed E-state index contributed by atoms with van der Waals surface area (Å²) in [5.41, 5.74) is 2.82. The van der Waals surface area contributed by atoms with E-state index in [0.29, 0.717) is 43.7 Å². The number of aliphatic hydroxyl groups excluding tert-OH is 3. The van der Waals surface area contributed by atoms with E-state index >= 15 is 0 Å². The van der Waals surface area contributed by atoms with Crippen molar-refractivity contribution in [1.82, 2.24) is 4.90 Å². The van der Waals surface area contributed by atoms with Gasteiger partial charge >= 0.3 is 0 Å². The van der Waals surface area contributed by atoms with Gasteiger partial charge in [0.2, 0.25) is 5.91 Å². The minimum atomic E-state index is -0.712. The Hall–Kier alpha value is -1.69. The molecule has 0 saturated heterocycles. The van der Waals surface area contributed by atoms with Crippen molar-refractivity contribution in [2.45, 2.75) is 104 Å². The lowest BCUT2D eigenvalue weighted by Gasteiger charge is -2.44. The Morgan fingerprint density at radius 2 is 1.84 bits per heavy atom. The zero-order valence-corrected chi connectivity index (χ0v) is 23.5. The van der Waals surface area contributed by atoms with Gasteiger partial charge in [0.15, 0.2) is 0 Å². The highest BCUT2D eigenvalue weighted by Gasteiger charge is 2.56. The van der Waals surface area contributed by atoms with Crippen LogP contribution in [0.2, 0.25) is 0 Å². The summed E-state index contributed by atoms with van der Waals surface area (Å²) in [6, 6.07) is 0. The molecule has 206 valence electrons. The van der Waals surface area contributed by atoms with Crippen molar-refractivity contribution in [1.29, 1.82) is 0 Å². The average molecular weight is 512 g/mol. The van der Waals surface area contributed by atoms with E-state index in [1.165, 1.54) is 31.3 Å². The summed E-state index contributed by atoms with van der Waals surface area (Å²) in [6.45, 7) is 14.2. The SMILES string of the molecule is C=C1C(=CC=C2CCC[C@]3(C)[C@@H]([C@H](C)C=C[C@@H](O)C4(C(=O)N(CC)CC)CC4)CC[C@@H]23)C[C@@H](O)C[C@@H]1O. The second kappa shape index (κ2) is 11.2. The van der Waals surface area contributed by atoms with Crippen LogP contribution in [0.3, 0.4) is 0 Å². The molecule has 5 heteroatoms. The van der Waals surface area contributed by atoms with Crippen molar-refractivity contribution in [3.05, 3.63) is 47.6 Å². The zero-order chi connectivity index (χ0) is 27.0. The number of fused-ring (bicyclic) bond motifs is 1. The molecule has 4 aliphatic carbocycles. The molecule has 5 nitrogen and oxygen atoms in total. The third-order valence-electron chi connectivity index (χ3n) is 10.4. The molecular weight excluding hydrogens is 462 g/mol. The molecule has 37 heavy (non-hydrogen) atoms. The topological polar surface area (TPSA) is 81.0 Å². The van der Waals surface area contributed by atoms with Crippen LogP contribution in [0.5, 0.6) is 0 Å². The van der Waals surface area contributed by atoms with Gasteiger partial charge in [0, 0.05) is 19.5 Å². The van der Waals surface area contributed by atoms with E-state index in [0.717, 1.165) is 30.4 Å². The van der Waals surface area contributed by atoms with Gasteiger partial charge in [-0.1, -0.05) is 50.3 Å². The van der Waals surface area contributed by atoms with Crippen LogP contribution in [0.15, 0.2) is 47.6 Å². The van der Waals surface area contributed by atoms with Crippen LogP contribution in [0.25, 0.3) is 0 Å². The van der Waals surface area contributed by atoms with Crippen LogP contribution in [0, 0.1) is 28.6 Å². The fourth-order valence-corrected chi connectivity index (χ4v) is 7.80. The van der Waals surface area contributed by atoms with Crippen LogP contribution in [-0.4, -0.2) is 57.5 Å². The average Bonchev–Trinajstić information content (AvgIpc) is 3.60. The van der Waals surface area contributed by atoms with Crippen molar-refractivity contribution < 1.29 is 20.1 Å². The zero-order valence-electron chi connectivity index (χ0n) is 23.5. The van der Waals surface area contributed by atoms with E-state index in [1.807, 2.05) is 24.8 Å². The van der Waals surface area contributed by atoms with E-state index in [1.54, 1.807) is 0 Å². The molecule has 3 N–H and O–H groups in total. The maximum absolute atomic E-state index is 13.0. The van der Waals surface area contributed by atoms with E-state index in [2.05, 4.69) is 38.7 Å². The van der Waals surface area contributed by atoms with E-state index < -0.39 is 23.7 Å². The normalized spacial score (nSPS) is 37.1. The van der Waals surface area contributed by atoms with Gasteiger partial charge in [0.1, 0.15) is 0 Å². The number of hydrogen-bond acceptors (Lipinski definition) is 4. The van der Waals surface area contributed by atoms with Crippen LogP contribution in [0.1, 0.15) is 85.5 Å². The van der Waals surface area contributed by atoms with Crippen molar-refractivity contribution in [3.8, 4) is 0 Å². The summed E-state index contributed by atoms with van der Waals surface area (Å²) >= 11 is 0. The fraction of sp³-hybridized carbons (Fsp3) is 0.719. The third kappa shape index (κ3) is 5.42. The molecule has 1 amide bonds. The summed E-state index contributed by atoms with van der Waals surface area (Å²) in [5.74, 6) is 1.52. The molecule has 4 saturated carbocycles. The smallest absolute Gasteiger partial charge is 0.231 e. The molecule has 0 aliphatic heterocycles. The van der Waals surface area contributed by atoms with Crippen LogP contribution >= 0.6 is 0 Å². The fourth-order valence-electron chi connectivity index (χ4n) is 7.80. The van der Waals surface area contributed by atoms with Gasteiger partial charge in [0.25, 0.3) is 0 Å². The maximum Gasteiger partial charge on any atom is 0.231 e. The molecule has 0 aromatic carbocycles. The highest BCUT2D eigenvalue weighted by Crippen LogP contribution is 2.59. The number of carbonyl (C=O) groups excluding carboxylic acids is 1. The number of allylic oxidation sites excluding steroid dienone is 4. The van der Waals surface area contributed by atoms with Gasteiger partial charge in [-0.05, 0) is 99.5 Å². The van der Waals surface area contributed by atoms with Crippen LogP contribution in [-0.2, 0) is 4.79 Å². The Bertz CT molecular complexity index is 956. The molecule has 4 aliphatic rings. The lowest BCUT2D eigenvalue weighted by Crippen LogP contribution is -2.42. The predicted octanol–water partition coefficient (Wildman–Crippen LogP) is 5.33. The Kier molecular flexibility index (Phi) is 8.57. The number of hydrogen-bond donors (Lipinski definition) is 3. The molecule has 0 radical (unpaired) electrons. The van der Waals surface area contributed by atoms with Crippen molar-refractivity contribution in [2.75, 3.05) is 13.1 Å². The summed E-state index contributed by atoms with van der Waals surface area (Å²) in [5, 5.41) is 31.4. The molecule has 0 aromatic rings. The minimum absolute atomic E-state index is 0.104. The summed E-state index contributed by atoms with van der Waals surface area (Å²) in [6.07, 6.45) is 14.9. The lowest BCUT2D eigenvalue weighted by atomic mass is 9.61. The minimum Gasteiger partial charge on any atom is -0.393 e. The van der Waals surface area contributed by atoms with E-state index in [4.69, 9.17) is 0 Å². The van der Waals surface area contributed by atoms with E-state index in [-0.39, 0.29) is 11.3 Å². The Morgan fingerprint density at radius 3 is 2.49 bits per heavy atom. The summed E-state index contributed by atoms with van der Waals surface area (Å²) < 4.78 is 0. The van der Waals surface area contributed by atoms with Gasteiger partial charge in [0.05, 0.1) is 23.7 Å². The van der Waals surface area contributed by atoms with Crippen molar-refractivity contribution in [3.63, 3.8) is 0 Å². The van der Waals surface area contributed by atoms with Crippen LogP contribution in [0.4, 0.5) is 0 Å². The molecule has 7 atom stereocenters. The molecule has 0 heterocycles. The number of aliphatic hydroxyl groups is 3. The Labute approximate surface area is 224 Å². The number of amides is 1. The summed E-state index contributed by atoms with van der Waals surface area (Å²) in [7, 11) is 0. The lowest BCUT2D eigenvalue weighted by molar-refractivity contribution is -0.139. The quantitative estimate of drug-likeness (QED) is 0.385. The molecule has 0 bridgehead atoms. The van der Waals surface area contributed by atoms with Crippen molar-refractivity contribution >= 4 is 5.91 Å². The predicted molar refractivity (Wildman–Crippen MR) is 149 cm³/mol. The molecular formula is C32H49NO4. The first kappa shape index (κ1) is 28.3. The molecule has 0 unspecified atom stereocenters. The highest BCUT2D eigenvalue weighted by molar-refractivity contribution is 5.86. The van der Waals surface area contributed by atoms with E-state index in [9.17, 15) is 20.1 Å². The first-order valence-corrected chi connectivity index (χ1v) is 14.7.